The van der Waals surface area contributed by atoms with Crippen LogP contribution in [0.4, 0.5) is 5.69 Å². The molecule has 3 aromatic carbocycles. The topological polar surface area (TPSA) is 55.4 Å². The number of methoxy groups -OCH3 is 1. The molecule has 0 aromatic heterocycles. The molecule has 0 aliphatic heterocycles. The fraction of sp³-hybridized carbons (Fsp3) is 0.100. The SMILES string of the molecule is COC(=O)c1ccc(Cl)c(NC(=O)Cc2cccc3ccccc23)c1. The first kappa shape index (κ1) is 17.0. The van der Waals surface area contributed by atoms with Gasteiger partial charge in [-0.2, -0.15) is 0 Å². The lowest BCUT2D eigenvalue weighted by molar-refractivity contribution is -0.115. The molecule has 25 heavy (non-hydrogen) atoms. The second-order valence-corrected chi connectivity index (χ2v) is 5.96. The minimum atomic E-state index is -0.485. The van der Waals surface area contributed by atoms with Crippen LogP contribution in [0.2, 0.25) is 5.02 Å². The Labute approximate surface area is 150 Å². The highest BCUT2D eigenvalue weighted by Crippen LogP contribution is 2.24. The van der Waals surface area contributed by atoms with Crippen LogP contribution in [0.5, 0.6) is 0 Å². The normalized spacial score (nSPS) is 10.5. The summed E-state index contributed by atoms with van der Waals surface area (Å²) in [6.45, 7) is 0. The second-order valence-electron chi connectivity index (χ2n) is 5.55. The maximum absolute atomic E-state index is 12.4. The van der Waals surface area contributed by atoms with Crippen molar-refractivity contribution in [3.8, 4) is 0 Å². The molecule has 0 spiro atoms. The van der Waals surface area contributed by atoms with Crippen molar-refractivity contribution >= 4 is 39.9 Å². The molecule has 0 aliphatic rings. The Bertz CT molecular complexity index is 947. The second kappa shape index (κ2) is 7.36. The summed E-state index contributed by atoms with van der Waals surface area (Å²) in [5.74, 6) is -0.693. The van der Waals surface area contributed by atoms with Crippen molar-refractivity contribution in [3.05, 3.63) is 76.8 Å². The van der Waals surface area contributed by atoms with Crippen molar-refractivity contribution in [1.29, 1.82) is 0 Å². The van der Waals surface area contributed by atoms with Crippen LogP contribution < -0.4 is 5.32 Å². The van der Waals surface area contributed by atoms with Crippen LogP contribution in [0, 0.1) is 0 Å². The van der Waals surface area contributed by atoms with Crippen LogP contribution in [-0.2, 0) is 16.0 Å². The molecule has 4 nitrogen and oxygen atoms in total. The predicted molar refractivity (Wildman–Crippen MR) is 99.1 cm³/mol. The molecular weight excluding hydrogens is 338 g/mol. The van der Waals surface area contributed by atoms with Crippen molar-refractivity contribution < 1.29 is 14.3 Å². The standard InChI is InChI=1S/C20H16ClNO3/c1-25-20(24)15-9-10-17(21)18(11-15)22-19(23)12-14-7-4-6-13-5-2-3-8-16(13)14/h2-11H,12H2,1H3,(H,22,23). The van der Waals surface area contributed by atoms with Crippen LogP contribution in [-0.4, -0.2) is 19.0 Å². The van der Waals surface area contributed by atoms with Crippen molar-refractivity contribution in [2.45, 2.75) is 6.42 Å². The maximum Gasteiger partial charge on any atom is 0.337 e. The Morgan fingerprint density at radius 2 is 1.80 bits per heavy atom. The van der Waals surface area contributed by atoms with Gasteiger partial charge in [0.05, 0.1) is 29.8 Å². The number of hydrogen-bond donors (Lipinski definition) is 1. The van der Waals surface area contributed by atoms with E-state index in [9.17, 15) is 9.59 Å². The lowest BCUT2D eigenvalue weighted by Gasteiger charge is -2.10. The van der Waals surface area contributed by atoms with E-state index in [0.29, 0.717) is 16.3 Å². The van der Waals surface area contributed by atoms with Gasteiger partial charge in [0.15, 0.2) is 0 Å². The van der Waals surface area contributed by atoms with Gasteiger partial charge in [0, 0.05) is 0 Å². The van der Waals surface area contributed by atoms with Crippen LogP contribution in [0.25, 0.3) is 10.8 Å². The molecule has 0 heterocycles. The molecule has 0 atom stereocenters. The molecule has 0 unspecified atom stereocenters. The zero-order chi connectivity index (χ0) is 17.8. The summed E-state index contributed by atoms with van der Waals surface area (Å²) < 4.78 is 4.69. The van der Waals surface area contributed by atoms with Gasteiger partial charge in [-0.1, -0.05) is 54.1 Å². The van der Waals surface area contributed by atoms with Crippen LogP contribution >= 0.6 is 11.6 Å². The van der Waals surface area contributed by atoms with Crippen LogP contribution in [0.15, 0.2) is 60.7 Å². The third kappa shape index (κ3) is 3.80. The van der Waals surface area contributed by atoms with Gasteiger partial charge in [-0.15, -0.1) is 0 Å². The number of ether oxygens (including phenoxy) is 1. The van der Waals surface area contributed by atoms with Gasteiger partial charge < -0.3 is 10.1 Å². The molecule has 126 valence electrons. The summed E-state index contributed by atoms with van der Waals surface area (Å²) in [5, 5.41) is 5.24. The fourth-order valence-electron chi connectivity index (χ4n) is 2.68. The number of halogens is 1. The minimum Gasteiger partial charge on any atom is -0.465 e. The lowest BCUT2D eigenvalue weighted by atomic mass is 10.0. The number of esters is 1. The van der Waals surface area contributed by atoms with Gasteiger partial charge in [0.1, 0.15) is 0 Å². The van der Waals surface area contributed by atoms with Gasteiger partial charge >= 0.3 is 5.97 Å². The van der Waals surface area contributed by atoms with E-state index in [0.717, 1.165) is 16.3 Å². The first-order chi connectivity index (χ1) is 12.1. The Kier molecular flexibility index (Phi) is 5.00. The van der Waals surface area contributed by atoms with E-state index in [1.807, 2.05) is 42.5 Å². The zero-order valence-electron chi connectivity index (χ0n) is 13.6. The maximum atomic E-state index is 12.4. The molecule has 0 saturated carbocycles. The van der Waals surface area contributed by atoms with Gasteiger partial charge in [-0.3, -0.25) is 4.79 Å². The highest BCUT2D eigenvalue weighted by molar-refractivity contribution is 6.33. The minimum absolute atomic E-state index is 0.208. The first-order valence-electron chi connectivity index (χ1n) is 7.73. The van der Waals surface area contributed by atoms with Gasteiger partial charge in [-0.25, -0.2) is 4.79 Å². The number of hydrogen-bond acceptors (Lipinski definition) is 3. The van der Waals surface area contributed by atoms with E-state index >= 15 is 0 Å². The molecule has 0 fully saturated rings. The predicted octanol–water partition coefficient (Wildman–Crippen LogP) is 4.46. The molecule has 0 bridgehead atoms. The number of benzene rings is 3. The van der Waals surface area contributed by atoms with E-state index in [2.05, 4.69) is 10.1 Å². The summed E-state index contributed by atoms with van der Waals surface area (Å²) in [6, 6.07) is 18.4. The summed E-state index contributed by atoms with van der Waals surface area (Å²) >= 11 is 6.12. The average molecular weight is 354 g/mol. The largest absolute Gasteiger partial charge is 0.465 e. The molecule has 5 heteroatoms. The number of carbonyl (C=O) groups excluding carboxylic acids is 2. The Balaban J connectivity index is 1.82. The summed E-state index contributed by atoms with van der Waals surface area (Å²) in [6.07, 6.45) is 0.208. The highest BCUT2D eigenvalue weighted by Gasteiger charge is 2.12. The van der Waals surface area contributed by atoms with E-state index < -0.39 is 5.97 Å². The van der Waals surface area contributed by atoms with Gasteiger partial charge in [-0.05, 0) is 34.5 Å². The Morgan fingerprint density at radius 3 is 2.60 bits per heavy atom. The molecular formula is C20H16ClNO3. The summed E-state index contributed by atoms with van der Waals surface area (Å²) in [5.41, 5.74) is 1.64. The van der Waals surface area contributed by atoms with E-state index in [4.69, 9.17) is 11.6 Å². The van der Waals surface area contributed by atoms with E-state index in [1.54, 1.807) is 12.1 Å². The number of amides is 1. The highest BCUT2D eigenvalue weighted by atomic mass is 35.5. The molecule has 0 aliphatic carbocycles. The van der Waals surface area contributed by atoms with E-state index in [1.165, 1.54) is 13.2 Å². The number of carbonyl (C=O) groups is 2. The number of rotatable bonds is 4. The summed E-state index contributed by atoms with van der Waals surface area (Å²) in [7, 11) is 1.30. The molecule has 0 saturated heterocycles. The number of anilines is 1. The third-order valence-electron chi connectivity index (χ3n) is 3.89. The number of fused-ring (bicyclic) bond motifs is 1. The summed E-state index contributed by atoms with van der Waals surface area (Å²) in [4.78, 5) is 24.1. The molecule has 0 radical (unpaired) electrons. The monoisotopic (exact) mass is 353 g/mol. The van der Waals surface area contributed by atoms with Crippen molar-refractivity contribution in [3.63, 3.8) is 0 Å². The molecule has 3 aromatic rings. The molecule has 3 rings (SSSR count). The average Bonchev–Trinajstić information content (AvgIpc) is 2.63. The smallest absolute Gasteiger partial charge is 0.337 e. The van der Waals surface area contributed by atoms with E-state index in [-0.39, 0.29) is 12.3 Å². The zero-order valence-corrected chi connectivity index (χ0v) is 14.3. The van der Waals surface area contributed by atoms with Gasteiger partial charge in [0.2, 0.25) is 5.91 Å². The lowest BCUT2D eigenvalue weighted by Crippen LogP contribution is -2.15. The molecule has 1 amide bonds. The molecule has 1 N–H and O–H groups in total. The quantitative estimate of drug-likeness (QED) is 0.704. The fourth-order valence-corrected chi connectivity index (χ4v) is 2.84. The Morgan fingerprint density at radius 1 is 1.04 bits per heavy atom. The number of nitrogens with one attached hydrogen (secondary N) is 1. The van der Waals surface area contributed by atoms with Crippen LogP contribution in [0.1, 0.15) is 15.9 Å². The first-order valence-corrected chi connectivity index (χ1v) is 8.10. The van der Waals surface area contributed by atoms with Gasteiger partial charge in [0.25, 0.3) is 0 Å². The van der Waals surface area contributed by atoms with Crippen molar-refractivity contribution in [1.82, 2.24) is 0 Å². The third-order valence-corrected chi connectivity index (χ3v) is 4.22. The Hall–Kier alpha value is -2.85. The van der Waals surface area contributed by atoms with Crippen molar-refractivity contribution in [2.24, 2.45) is 0 Å². The van der Waals surface area contributed by atoms with Crippen molar-refractivity contribution in [2.75, 3.05) is 12.4 Å². The van der Waals surface area contributed by atoms with Crippen LogP contribution in [0.3, 0.4) is 0 Å².